The molecule has 6 amide bonds. The standard InChI is InChI=1S/C29H39N9O3.C28H37N9O3.C27H35N9O3/c1-5-16-41-29(40)35-14-12-34(13-15-35)25-8-6-24(7-9-25)32-28-31-20-37(33-28)26-10-11-30-27(17-26)36-18-21(2)38(23(4)39)22(3)19-36;1-3-19-40-28(39)36-17-14-34(15-18-36)24-7-5-23(6-8-24)31-27-30-21-37(32-27)25-9-10-29-26(20-25)35-12-4-11-33(13-16-35)22(2)38;1-3-39-27(38)35-17-14-33(15-18-35)23-7-5-22(6-8-23)30-26-29-20-36(31-26)24-9-10-28-25(19-24)34-12-4-11-32(13-16-34)21(2)37/h6-11,17,20-22H,5,12-16,18-19H2,1-4H3,(H,32,33);5-10,20-21H,3-4,11-19H2,1-2H3,(H,31,32);5-10,19-20H,3-4,11-18H2,1-2H3,(H,30,31)/t21-,22+;;. The van der Waals surface area contributed by atoms with Crippen LogP contribution in [0.2, 0.25) is 0 Å². The molecule has 6 aliphatic heterocycles. The highest BCUT2D eigenvalue weighted by atomic mass is 16.6. The Kier molecular flexibility index (Phi) is 28.9. The van der Waals surface area contributed by atoms with Crippen LogP contribution >= 0.6 is 0 Å². The fraction of sp³-hybridized carbons (Fsp3) is 0.464. The highest BCUT2D eigenvalue weighted by Crippen LogP contribution is 2.29. The molecule has 36 heteroatoms. The third kappa shape index (κ3) is 22.4. The maximum absolute atomic E-state index is 12.1. The zero-order valence-electron chi connectivity index (χ0n) is 69.9. The Labute approximate surface area is 700 Å². The summed E-state index contributed by atoms with van der Waals surface area (Å²) < 4.78 is 20.8. The summed E-state index contributed by atoms with van der Waals surface area (Å²) in [6.45, 7) is 32.2. The lowest BCUT2D eigenvalue weighted by Gasteiger charge is -2.44. The Morgan fingerprint density at radius 3 is 0.958 bits per heavy atom. The Hall–Kier alpha value is -13.1. The molecule has 636 valence electrons. The fourth-order valence-corrected chi connectivity index (χ4v) is 15.4. The highest BCUT2D eigenvalue weighted by molar-refractivity contribution is 5.76. The Bertz CT molecular complexity index is 4840. The van der Waals surface area contributed by atoms with Crippen molar-refractivity contribution < 1.29 is 43.0 Å². The molecule has 120 heavy (non-hydrogen) atoms. The van der Waals surface area contributed by atoms with Gasteiger partial charge in [0.2, 0.25) is 35.6 Å². The number of carbonyl (C=O) groups excluding carboxylic acids is 6. The van der Waals surface area contributed by atoms with E-state index in [0.717, 1.165) is 186 Å². The van der Waals surface area contributed by atoms with E-state index in [4.69, 9.17) is 14.2 Å². The molecule has 9 aromatic rings. The third-order valence-electron chi connectivity index (χ3n) is 21.8. The second kappa shape index (κ2) is 40.9. The summed E-state index contributed by atoms with van der Waals surface area (Å²) in [6, 6.07) is 36.3. The molecule has 12 heterocycles. The minimum Gasteiger partial charge on any atom is -0.450 e. The number of hydrogen-bond acceptors (Lipinski definition) is 27. The van der Waals surface area contributed by atoms with Crippen LogP contribution in [0, 0.1) is 0 Å². The second-order valence-corrected chi connectivity index (χ2v) is 30.2. The Morgan fingerprint density at radius 1 is 0.342 bits per heavy atom. The van der Waals surface area contributed by atoms with Crippen molar-refractivity contribution in [1.29, 1.82) is 0 Å². The normalized spacial score (nSPS) is 17.2. The number of ether oxygens (including phenoxy) is 3. The monoisotopic (exact) mass is 1640 g/mol. The molecule has 3 aromatic carbocycles. The van der Waals surface area contributed by atoms with Gasteiger partial charge in [-0.3, -0.25) is 14.4 Å². The van der Waals surface area contributed by atoms with E-state index in [1.54, 1.807) is 87.1 Å². The van der Waals surface area contributed by atoms with Gasteiger partial charge in [-0.2, -0.15) is 15.0 Å². The molecule has 0 radical (unpaired) electrons. The van der Waals surface area contributed by atoms with Gasteiger partial charge in [0.25, 0.3) is 0 Å². The van der Waals surface area contributed by atoms with Crippen molar-refractivity contribution in [2.45, 2.75) is 93.2 Å². The molecule has 0 bridgehead atoms. The van der Waals surface area contributed by atoms with Crippen molar-refractivity contribution in [3.8, 4) is 17.1 Å². The van der Waals surface area contributed by atoms with E-state index >= 15 is 0 Å². The molecule has 6 aromatic heterocycles. The largest absolute Gasteiger partial charge is 0.450 e. The van der Waals surface area contributed by atoms with Crippen molar-refractivity contribution in [3.05, 3.63) is 147 Å². The van der Waals surface area contributed by atoms with Crippen LogP contribution in [0.5, 0.6) is 0 Å². The molecule has 15 rings (SSSR count). The van der Waals surface area contributed by atoms with E-state index < -0.39 is 0 Å². The van der Waals surface area contributed by atoms with E-state index in [0.29, 0.717) is 90.0 Å². The zero-order valence-corrected chi connectivity index (χ0v) is 69.9. The number of pyridine rings is 3. The summed E-state index contributed by atoms with van der Waals surface area (Å²) in [4.78, 5) is 123. The average molecular weight is 1640 g/mol. The number of hydrogen-bond donors (Lipinski definition) is 3. The lowest BCUT2D eigenvalue weighted by Crippen LogP contribution is -2.58. The molecule has 6 fully saturated rings. The minimum atomic E-state index is -0.241. The van der Waals surface area contributed by atoms with Gasteiger partial charge in [0.15, 0.2) is 0 Å². The molecule has 2 atom stereocenters. The number of piperazine rings is 4. The SMILES string of the molecule is CCCOC(=O)N1CCN(c2ccc(Nc3ncn(-c4ccnc(N5CCCN(C(C)=O)CC5)c4)n3)cc2)CC1.CCCOC(=O)N1CCN(c2ccc(Nc3ncn(-c4ccnc(N5C[C@@H](C)N(C(C)=O)[C@@H](C)C5)c4)n3)cc2)CC1.CCOC(=O)N1CCN(c2ccc(Nc3ncn(-c4ccnc(N5CCCN(C(C)=O)CC5)c4)n3)cc2)CC1. The predicted molar refractivity (Wildman–Crippen MR) is 460 cm³/mol. The maximum Gasteiger partial charge on any atom is 0.409 e. The summed E-state index contributed by atoms with van der Waals surface area (Å²) in [6.07, 6.45) is 13.2. The molecule has 0 aliphatic carbocycles. The summed E-state index contributed by atoms with van der Waals surface area (Å²) >= 11 is 0. The van der Waals surface area contributed by atoms with E-state index in [1.165, 1.54) is 0 Å². The quantitative estimate of drug-likeness (QED) is 0.0598. The number of anilines is 12. The number of carbonyl (C=O) groups is 6. The van der Waals surface area contributed by atoms with Gasteiger partial charge in [0.05, 0.1) is 36.9 Å². The first-order chi connectivity index (χ1) is 58.3. The molecular formula is C84H111N27O9. The summed E-state index contributed by atoms with van der Waals surface area (Å²) in [7, 11) is 0. The summed E-state index contributed by atoms with van der Waals surface area (Å²) in [5.74, 6) is 4.40. The van der Waals surface area contributed by atoms with Gasteiger partial charge in [-0.25, -0.2) is 43.4 Å². The summed E-state index contributed by atoms with van der Waals surface area (Å²) in [5.41, 5.74) is 8.56. The zero-order chi connectivity index (χ0) is 84.0. The van der Waals surface area contributed by atoms with E-state index in [1.807, 2.05) is 108 Å². The molecule has 36 nitrogen and oxygen atoms in total. The fourth-order valence-electron chi connectivity index (χ4n) is 15.4. The number of benzene rings is 3. The third-order valence-corrected chi connectivity index (χ3v) is 21.8. The van der Waals surface area contributed by atoms with Gasteiger partial charge in [-0.05, 0) is 137 Å². The second-order valence-electron chi connectivity index (χ2n) is 30.2. The van der Waals surface area contributed by atoms with Crippen molar-refractivity contribution >= 4 is 105 Å². The lowest BCUT2D eigenvalue weighted by atomic mass is 10.1. The molecule has 3 N–H and O–H groups in total. The topological polar surface area (TPSA) is 336 Å². The van der Waals surface area contributed by atoms with Crippen LogP contribution in [-0.4, -0.2) is 301 Å². The highest BCUT2D eigenvalue weighted by Gasteiger charge is 2.33. The van der Waals surface area contributed by atoms with E-state index in [2.05, 4.69) is 141 Å². The van der Waals surface area contributed by atoms with Gasteiger partial charge in [0, 0.05) is 248 Å². The lowest BCUT2D eigenvalue weighted by molar-refractivity contribution is -0.133. The Balaban J connectivity index is 0.000000156. The number of amides is 6. The van der Waals surface area contributed by atoms with Gasteiger partial charge in [-0.1, -0.05) is 13.8 Å². The molecule has 0 saturated carbocycles. The van der Waals surface area contributed by atoms with Crippen LogP contribution < -0.4 is 45.3 Å². The maximum atomic E-state index is 12.1. The van der Waals surface area contributed by atoms with Gasteiger partial charge in [0.1, 0.15) is 36.4 Å². The number of rotatable bonds is 20. The number of nitrogens with zero attached hydrogens (tertiary/aromatic N) is 24. The molecule has 0 spiro atoms. The first-order valence-corrected chi connectivity index (χ1v) is 41.6. The van der Waals surface area contributed by atoms with Crippen molar-refractivity contribution in [3.63, 3.8) is 0 Å². The molecule has 6 aliphatic rings. The van der Waals surface area contributed by atoms with Crippen molar-refractivity contribution in [1.82, 2.24) is 88.6 Å². The first-order valence-electron chi connectivity index (χ1n) is 41.6. The average Bonchev–Trinajstić information content (AvgIpc) is 1.08. The van der Waals surface area contributed by atoms with E-state index in [-0.39, 0.29) is 48.1 Å². The van der Waals surface area contributed by atoms with Crippen LogP contribution in [0.25, 0.3) is 17.1 Å². The molecule has 0 unspecified atom stereocenters. The van der Waals surface area contributed by atoms with Crippen LogP contribution in [0.15, 0.2) is 147 Å². The van der Waals surface area contributed by atoms with Gasteiger partial charge < -0.3 is 89.0 Å². The number of nitrogens with one attached hydrogen (secondary N) is 3. The Morgan fingerprint density at radius 2 is 0.650 bits per heavy atom. The van der Waals surface area contributed by atoms with Crippen LogP contribution in [0.3, 0.4) is 0 Å². The van der Waals surface area contributed by atoms with Gasteiger partial charge in [-0.15, -0.1) is 15.3 Å². The minimum absolute atomic E-state index is 0.105. The van der Waals surface area contributed by atoms with Crippen molar-refractivity contribution in [2.24, 2.45) is 0 Å². The van der Waals surface area contributed by atoms with Crippen LogP contribution in [-0.2, 0) is 28.6 Å². The van der Waals surface area contributed by atoms with E-state index in [9.17, 15) is 28.8 Å². The van der Waals surface area contributed by atoms with Crippen LogP contribution in [0.4, 0.5) is 83.8 Å². The summed E-state index contributed by atoms with van der Waals surface area (Å²) in [5, 5.41) is 23.7. The van der Waals surface area contributed by atoms with Crippen molar-refractivity contribution in [2.75, 3.05) is 209 Å². The predicted octanol–water partition coefficient (Wildman–Crippen LogP) is 9.40. The number of aromatic nitrogens is 12. The first kappa shape index (κ1) is 84.9. The van der Waals surface area contributed by atoms with Gasteiger partial charge >= 0.3 is 18.3 Å². The molecule has 6 saturated heterocycles. The smallest absolute Gasteiger partial charge is 0.409 e. The molecular weight excluding hydrogens is 1530 g/mol. The van der Waals surface area contributed by atoms with Crippen LogP contribution in [0.1, 0.15) is 81.1 Å².